The molecule has 0 atom stereocenters. The van der Waals surface area contributed by atoms with Crippen LogP contribution < -0.4 is 4.80 Å². The summed E-state index contributed by atoms with van der Waals surface area (Å²) in [5, 5.41) is 2.25. The molecule has 0 radical (unpaired) electrons. The molecule has 164 valence electrons. The third kappa shape index (κ3) is 5.28. The summed E-state index contributed by atoms with van der Waals surface area (Å²) < 4.78 is 2.37. The Kier molecular flexibility index (Phi) is 6.76. The summed E-state index contributed by atoms with van der Waals surface area (Å²) in [6, 6.07) is 28.3. The molecule has 4 aromatic rings. The molecule has 0 saturated carbocycles. The van der Waals surface area contributed by atoms with Crippen LogP contribution in [-0.4, -0.2) is 4.57 Å². The highest BCUT2D eigenvalue weighted by atomic mass is 32.1. The number of hydrogen-bond acceptors (Lipinski definition) is 2. The van der Waals surface area contributed by atoms with Gasteiger partial charge in [-0.05, 0) is 52.6 Å². The number of benzene rings is 3. The van der Waals surface area contributed by atoms with Crippen molar-refractivity contribution in [2.45, 2.75) is 52.5 Å². The minimum Gasteiger partial charge on any atom is -0.316 e. The van der Waals surface area contributed by atoms with Crippen LogP contribution in [0, 0.1) is 0 Å². The summed E-state index contributed by atoms with van der Waals surface area (Å²) in [6.45, 7) is 9.85. The van der Waals surface area contributed by atoms with Crippen LogP contribution in [0.5, 0.6) is 0 Å². The predicted octanol–water partition coefficient (Wildman–Crippen LogP) is 7.55. The van der Waals surface area contributed by atoms with E-state index < -0.39 is 0 Å². The molecule has 0 aliphatic heterocycles. The third-order valence-corrected chi connectivity index (χ3v) is 6.74. The Hall–Kier alpha value is -2.91. The lowest BCUT2D eigenvalue weighted by atomic mass is 9.86. The molecule has 3 aromatic carbocycles. The smallest absolute Gasteiger partial charge is 0.190 e. The molecule has 0 fully saturated rings. The highest BCUT2D eigenvalue weighted by molar-refractivity contribution is 7.07. The molecule has 4 rings (SSSR count). The molecular weight excluding hydrogens is 408 g/mol. The number of rotatable bonds is 6. The van der Waals surface area contributed by atoms with Gasteiger partial charge in [0.05, 0.1) is 11.4 Å². The first kappa shape index (κ1) is 22.3. The van der Waals surface area contributed by atoms with Gasteiger partial charge in [-0.2, -0.15) is 0 Å². The molecule has 2 nitrogen and oxygen atoms in total. The number of aromatic nitrogens is 1. The zero-order valence-corrected chi connectivity index (χ0v) is 20.3. The van der Waals surface area contributed by atoms with Crippen LogP contribution in [0.15, 0.2) is 89.2 Å². The summed E-state index contributed by atoms with van der Waals surface area (Å²) in [7, 11) is 0. The van der Waals surface area contributed by atoms with Crippen LogP contribution in [-0.2, 0) is 24.8 Å². The van der Waals surface area contributed by atoms with Crippen molar-refractivity contribution >= 4 is 17.0 Å². The highest BCUT2D eigenvalue weighted by Gasteiger charge is 2.14. The molecule has 32 heavy (non-hydrogen) atoms. The molecule has 0 bridgehead atoms. The highest BCUT2D eigenvalue weighted by Crippen LogP contribution is 2.27. The van der Waals surface area contributed by atoms with Gasteiger partial charge < -0.3 is 4.57 Å². The average molecular weight is 441 g/mol. The summed E-state index contributed by atoms with van der Waals surface area (Å²) in [6.07, 6.45) is 2.03. The van der Waals surface area contributed by atoms with Crippen LogP contribution >= 0.6 is 11.3 Å². The lowest BCUT2D eigenvalue weighted by Crippen LogP contribution is -2.17. The van der Waals surface area contributed by atoms with Crippen LogP contribution in [0.1, 0.15) is 44.4 Å². The van der Waals surface area contributed by atoms with E-state index >= 15 is 0 Å². The van der Waals surface area contributed by atoms with E-state index in [4.69, 9.17) is 4.99 Å². The van der Waals surface area contributed by atoms with Gasteiger partial charge in [-0.3, -0.25) is 0 Å². The normalized spacial score (nSPS) is 12.3. The van der Waals surface area contributed by atoms with Crippen molar-refractivity contribution in [3.05, 3.63) is 106 Å². The van der Waals surface area contributed by atoms with E-state index in [9.17, 15) is 0 Å². The predicted molar refractivity (Wildman–Crippen MR) is 138 cm³/mol. The second-order valence-electron chi connectivity index (χ2n) is 9.25. The van der Waals surface area contributed by atoms with E-state index in [1.807, 2.05) is 0 Å². The van der Waals surface area contributed by atoms with Gasteiger partial charge in [-0.25, -0.2) is 4.99 Å². The summed E-state index contributed by atoms with van der Waals surface area (Å²) in [5.74, 6) is 0. The van der Waals surface area contributed by atoms with Crippen LogP contribution in [0.2, 0.25) is 0 Å². The Bertz CT molecular complexity index is 1210. The molecule has 0 N–H and O–H groups in total. The molecule has 0 unspecified atom stereocenters. The number of thiazole rings is 1. The van der Waals surface area contributed by atoms with Crippen molar-refractivity contribution in [1.82, 2.24) is 4.57 Å². The van der Waals surface area contributed by atoms with Gasteiger partial charge >= 0.3 is 0 Å². The maximum Gasteiger partial charge on any atom is 0.190 e. The zero-order chi connectivity index (χ0) is 22.6. The topological polar surface area (TPSA) is 17.3 Å². The van der Waals surface area contributed by atoms with E-state index in [1.165, 1.54) is 27.9 Å². The van der Waals surface area contributed by atoms with Gasteiger partial charge in [0.2, 0.25) is 0 Å². The van der Waals surface area contributed by atoms with Gasteiger partial charge in [0.25, 0.3) is 0 Å². The van der Waals surface area contributed by atoms with Crippen molar-refractivity contribution in [3.63, 3.8) is 0 Å². The molecule has 1 heterocycles. The van der Waals surface area contributed by atoms with E-state index in [1.54, 1.807) is 11.3 Å². The van der Waals surface area contributed by atoms with Crippen LogP contribution in [0.25, 0.3) is 11.3 Å². The lowest BCUT2D eigenvalue weighted by Gasteiger charge is -2.19. The largest absolute Gasteiger partial charge is 0.316 e. The molecular formula is C29H32N2S. The Morgan fingerprint density at radius 1 is 0.812 bits per heavy atom. The molecule has 3 heteroatoms. The number of aryl methyl sites for hydroxylation is 2. The van der Waals surface area contributed by atoms with Crippen molar-refractivity contribution in [2.75, 3.05) is 0 Å². The third-order valence-electron chi connectivity index (χ3n) is 5.88. The second-order valence-corrected chi connectivity index (χ2v) is 10.1. The van der Waals surface area contributed by atoms with Crippen molar-refractivity contribution in [2.24, 2.45) is 4.99 Å². The molecule has 0 spiro atoms. The maximum atomic E-state index is 5.01. The average Bonchev–Trinajstić information content (AvgIpc) is 3.20. The Balaban J connectivity index is 1.73. The first-order valence-corrected chi connectivity index (χ1v) is 12.3. The van der Waals surface area contributed by atoms with Crippen LogP contribution in [0.3, 0.4) is 0 Å². The fourth-order valence-electron chi connectivity index (χ4n) is 3.81. The van der Waals surface area contributed by atoms with Gasteiger partial charge in [0, 0.05) is 11.9 Å². The maximum absolute atomic E-state index is 5.01. The summed E-state index contributed by atoms with van der Waals surface area (Å²) >= 11 is 1.72. The quantitative estimate of drug-likeness (QED) is 0.294. The fourth-order valence-corrected chi connectivity index (χ4v) is 4.76. The lowest BCUT2D eigenvalue weighted by molar-refractivity contribution is 0.590. The Morgan fingerprint density at radius 2 is 1.50 bits per heavy atom. The number of hydrogen-bond donors (Lipinski definition) is 0. The molecule has 0 amide bonds. The molecule has 0 aliphatic carbocycles. The van der Waals surface area contributed by atoms with E-state index in [0.717, 1.165) is 29.9 Å². The van der Waals surface area contributed by atoms with Crippen LogP contribution in [0.4, 0.5) is 5.69 Å². The molecule has 0 saturated heterocycles. The van der Waals surface area contributed by atoms with E-state index in [2.05, 4.69) is 117 Å². The molecule has 0 aliphatic rings. The summed E-state index contributed by atoms with van der Waals surface area (Å²) in [5.41, 5.74) is 7.67. The minimum absolute atomic E-state index is 0.154. The SMILES string of the molecule is CCc1ccc(N=c2scc(-c3ccc(C(C)(C)C)cc3)n2CCc2ccccc2)cc1. The van der Waals surface area contributed by atoms with Crippen molar-refractivity contribution in [1.29, 1.82) is 0 Å². The zero-order valence-electron chi connectivity index (χ0n) is 19.5. The Labute approximate surface area is 195 Å². The van der Waals surface area contributed by atoms with E-state index in [-0.39, 0.29) is 5.41 Å². The minimum atomic E-state index is 0.154. The van der Waals surface area contributed by atoms with E-state index in [0.29, 0.717) is 0 Å². The summed E-state index contributed by atoms with van der Waals surface area (Å²) in [4.78, 5) is 6.05. The van der Waals surface area contributed by atoms with Gasteiger partial charge in [0.1, 0.15) is 0 Å². The standard InChI is InChI=1S/C29H32N2S/c1-5-22-11-17-26(18-12-22)30-28-31(20-19-23-9-7-6-8-10-23)27(21-32-28)24-13-15-25(16-14-24)29(2,3)4/h6-18,21H,5,19-20H2,1-4H3. The van der Waals surface area contributed by atoms with Crippen molar-refractivity contribution in [3.8, 4) is 11.3 Å². The van der Waals surface area contributed by atoms with Crippen molar-refractivity contribution < 1.29 is 0 Å². The molecule has 1 aromatic heterocycles. The van der Waals surface area contributed by atoms with Gasteiger partial charge in [0.15, 0.2) is 4.80 Å². The fraction of sp³-hybridized carbons (Fsp3) is 0.276. The monoisotopic (exact) mass is 440 g/mol. The number of nitrogens with zero attached hydrogens (tertiary/aromatic N) is 2. The second kappa shape index (κ2) is 9.70. The Morgan fingerprint density at radius 3 is 2.12 bits per heavy atom. The van der Waals surface area contributed by atoms with Gasteiger partial charge in [-0.1, -0.05) is 94.4 Å². The first-order valence-electron chi connectivity index (χ1n) is 11.4. The first-order chi connectivity index (χ1) is 15.4. The van der Waals surface area contributed by atoms with Gasteiger partial charge in [-0.15, -0.1) is 11.3 Å².